The van der Waals surface area contributed by atoms with Gasteiger partial charge in [-0.3, -0.25) is 4.79 Å². The van der Waals surface area contributed by atoms with Gasteiger partial charge >= 0.3 is 5.97 Å². The number of amides is 1. The van der Waals surface area contributed by atoms with Crippen LogP contribution in [-0.4, -0.2) is 54.5 Å². The van der Waals surface area contributed by atoms with Crippen LogP contribution < -0.4 is 4.90 Å². The lowest BCUT2D eigenvalue weighted by molar-refractivity contribution is -0.125. The van der Waals surface area contributed by atoms with Crippen LogP contribution in [-0.2, 0) is 9.53 Å². The molecule has 7 heteroatoms. The fraction of sp³-hybridized carbons (Fsp3) is 0.316. The molecule has 1 amide bonds. The number of benzene rings is 1. The third-order valence-corrected chi connectivity index (χ3v) is 4.93. The van der Waals surface area contributed by atoms with Gasteiger partial charge in [-0.2, -0.15) is 0 Å². The fourth-order valence-corrected chi connectivity index (χ4v) is 3.40. The maximum Gasteiger partial charge on any atom is 0.350 e. The first-order valence-electron chi connectivity index (χ1n) is 8.41. The molecule has 2 heterocycles. The molecule has 134 valence electrons. The standard InChI is InChI=1S/C19H19N3O3S/c1-2-25-18(24)16-14-20-19(26-16)22-12-10-21(11-13-22)17(23)9-8-15-6-4-3-5-7-15/h3-7,14H,2,10-13H2,1H3. The first-order valence-corrected chi connectivity index (χ1v) is 9.23. The summed E-state index contributed by atoms with van der Waals surface area (Å²) in [5.41, 5.74) is 0.828. The van der Waals surface area contributed by atoms with E-state index in [2.05, 4.69) is 21.7 Å². The number of carbonyl (C=O) groups is 2. The van der Waals surface area contributed by atoms with Gasteiger partial charge in [0.05, 0.1) is 12.8 Å². The monoisotopic (exact) mass is 369 g/mol. The van der Waals surface area contributed by atoms with E-state index in [-0.39, 0.29) is 11.9 Å². The zero-order valence-electron chi connectivity index (χ0n) is 14.5. The quantitative estimate of drug-likeness (QED) is 0.612. The number of anilines is 1. The van der Waals surface area contributed by atoms with Gasteiger partial charge in [-0.1, -0.05) is 35.5 Å². The first kappa shape index (κ1) is 18.0. The lowest BCUT2D eigenvalue weighted by Crippen LogP contribution is -2.48. The van der Waals surface area contributed by atoms with Crippen LogP contribution in [0.15, 0.2) is 36.5 Å². The lowest BCUT2D eigenvalue weighted by Gasteiger charge is -2.33. The van der Waals surface area contributed by atoms with Crippen LogP contribution in [0, 0.1) is 11.8 Å². The Kier molecular flexibility index (Phi) is 5.87. The Morgan fingerprint density at radius 2 is 1.92 bits per heavy atom. The Morgan fingerprint density at radius 1 is 1.19 bits per heavy atom. The van der Waals surface area contributed by atoms with Gasteiger partial charge in [0.1, 0.15) is 4.88 Å². The van der Waals surface area contributed by atoms with Gasteiger partial charge in [-0.25, -0.2) is 9.78 Å². The number of ether oxygens (including phenoxy) is 1. The highest BCUT2D eigenvalue weighted by molar-refractivity contribution is 7.17. The molecule has 3 rings (SSSR count). The summed E-state index contributed by atoms with van der Waals surface area (Å²) in [5.74, 6) is 5.08. The Balaban J connectivity index is 1.55. The molecule has 1 aliphatic heterocycles. The molecule has 1 aliphatic rings. The van der Waals surface area contributed by atoms with E-state index >= 15 is 0 Å². The molecular formula is C19H19N3O3S. The van der Waals surface area contributed by atoms with E-state index in [1.807, 2.05) is 30.3 Å². The number of piperazine rings is 1. The summed E-state index contributed by atoms with van der Waals surface area (Å²) in [6.07, 6.45) is 1.54. The average Bonchev–Trinajstić information content (AvgIpc) is 3.18. The number of nitrogens with zero attached hydrogens (tertiary/aromatic N) is 3. The summed E-state index contributed by atoms with van der Waals surface area (Å²) >= 11 is 1.31. The van der Waals surface area contributed by atoms with E-state index in [0.717, 1.165) is 10.7 Å². The largest absolute Gasteiger partial charge is 0.462 e. The second kappa shape index (κ2) is 8.50. The molecule has 1 aromatic carbocycles. The molecular weight excluding hydrogens is 350 g/mol. The summed E-state index contributed by atoms with van der Waals surface area (Å²) in [6.45, 7) is 4.60. The van der Waals surface area contributed by atoms with Gasteiger partial charge in [-0.15, -0.1) is 0 Å². The van der Waals surface area contributed by atoms with Crippen molar-refractivity contribution in [3.05, 3.63) is 47.0 Å². The van der Waals surface area contributed by atoms with Crippen molar-refractivity contribution in [3.63, 3.8) is 0 Å². The Labute approximate surface area is 156 Å². The molecule has 0 radical (unpaired) electrons. The van der Waals surface area contributed by atoms with Crippen molar-refractivity contribution in [1.82, 2.24) is 9.88 Å². The molecule has 1 saturated heterocycles. The van der Waals surface area contributed by atoms with E-state index < -0.39 is 0 Å². The summed E-state index contributed by atoms with van der Waals surface area (Å²) in [4.78, 5) is 32.6. The van der Waals surface area contributed by atoms with Gasteiger partial charge in [0.15, 0.2) is 5.13 Å². The topological polar surface area (TPSA) is 62.7 Å². The van der Waals surface area contributed by atoms with Gasteiger partial charge in [-0.05, 0) is 19.1 Å². The number of rotatable bonds is 3. The third-order valence-electron chi connectivity index (χ3n) is 3.90. The molecule has 1 aromatic heterocycles. The van der Waals surface area contributed by atoms with E-state index in [1.54, 1.807) is 18.0 Å². The molecule has 0 spiro atoms. The second-order valence-electron chi connectivity index (χ2n) is 5.62. The minimum Gasteiger partial charge on any atom is -0.462 e. The first-order chi connectivity index (χ1) is 12.7. The minimum absolute atomic E-state index is 0.167. The van der Waals surface area contributed by atoms with Crippen LogP contribution in [0.1, 0.15) is 22.2 Å². The van der Waals surface area contributed by atoms with Crippen LogP contribution in [0.2, 0.25) is 0 Å². The smallest absolute Gasteiger partial charge is 0.350 e. The van der Waals surface area contributed by atoms with Crippen molar-refractivity contribution in [2.45, 2.75) is 6.92 Å². The van der Waals surface area contributed by atoms with E-state index in [1.165, 1.54) is 11.3 Å². The van der Waals surface area contributed by atoms with Crippen LogP contribution in [0.3, 0.4) is 0 Å². The van der Waals surface area contributed by atoms with Crippen LogP contribution in [0.5, 0.6) is 0 Å². The molecule has 2 aromatic rings. The predicted molar refractivity (Wildman–Crippen MR) is 100 cm³/mol. The number of hydrogen-bond acceptors (Lipinski definition) is 6. The van der Waals surface area contributed by atoms with E-state index in [4.69, 9.17) is 4.74 Å². The molecule has 0 saturated carbocycles. The molecule has 6 nitrogen and oxygen atoms in total. The number of carbonyl (C=O) groups excluding carboxylic acids is 2. The SMILES string of the molecule is CCOC(=O)c1cnc(N2CCN(C(=O)C#Cc3ccccc3)CC2)s1. The van der Waals surface area contributed by atoms with Gasteiger partial charge < -0.3 is 14.5 Å². The fourth-order valence-electron chi connectivity index (χ4n) is 2.53. The van der Waals surface area contributed by atoms with Crippen molar-refractivity contribution in [3.8, 4) is 11.8 Å². The average molecular weight is 369 g/mol. The normalized spacial score (nSPS) is 13.7. The van der Waals surface area contributed by atoms with Crippen molar-refractivity contribution >= 4 is 28.3 Å². The summed E-state index contributed by atoms with van der Waals surface area (Å²) in [7, 11) is 0. The van der Waals surface area contributed by atoms with E-state index in [0.29, 0.717) is 37.7 Å². The van der Waals surface area contributed by atoms with Crippen molar-refractivity contribution in [2.75, 3.05) is 37.7 Å². The minimum atomic E-state index is -0.346. The summed E-state index contributed by atoms with van der Waals surface area (Å²) in [6, 6.07) is 9.46. The molecule has 0 aliphatic carbocycles. The van der Waals surface area contributed by atoms with Crippen LogP contribution in [0.25, 0.3) is 0 Å². The second-order valence-corrected chi connectivity index (χ2v) is 6.63. The molecule has 26 heavy (non-hydrogen) atoms. The summed E-state index contributed by atoms with van der Waals surface area (Å²) < 4.78 is 4.99. The van der Waals surface area contributed by atoms with Crippen molar-refractivity contribution < 1.29 is 14.3 Å². The number of hydrogen-bond donors (Lipinski definition) is 0. The maximum atomic E-state index is 12.2. The van der Waals surface area contributed by atoms with Crippen molar-refractivity contribution in [2.24, 2.45) is 0 Å². The Hall–Kier alpha value is -2.85. The zero-order valence-corrected chi connectivity index (χ0v) is 15.3. The molecule has 1 fully saturated rings. The van der Waals surface area contributed by atoms with Gasteiger partial charge in [0.2, 0.25) is 0 Å². The third kappa shape index (κ3) is 4.41. The summed E-state index contributed by atoms with van der Waals surface area (Å²) in [5, 5.41) is 0.774. The molecule has 0 bridgehead atoms. The van der Waals surface area contributed by atoms with Crippen molar-refractivity contribution in [1.29, 1.82) is 0 Å². The number of esters is 1. The molecule has 0 unspecified atom stereocenters. The van der Waals surface area contributed by atoms with Gasteiger partial charge in [0.25, 0.3) is 5.91 Å². The highest BCUT2D eigenvalue weighted by atomic mass is 32.1. The van der Waals surface area contributed by atoms with Crippen LogP contribution >= 0.6 is 11.3 Å². The van der Waals surface area contributed by atoms with Crippen LogP contribution in [0.4, 0.5) is 5.13 Å². The highest BCUT2D eigenvalue weighted by Crippen LogP contribution is 2.24. The van der Waals surface area contributed by atoms with Gasteiger partial charge in [0, 0.05) is 37.7 Å². The predicted octanol–water partition coefficient (Wildman–Crippen LogP) is 2.02. The molecule has 0 atom stereocenters. The van der Waals surface area contributed by atoms with E-state index in [9.17, 15) is 9.59 Å². The zero-order chi connectivity index (χ0) is 18.4. The Bertz CT molecular complexity index is 830. The number of aromatic nitrogens is 1. The number of thiazole rings is 1. The highest BCUT2D eigenvalue weighted by Gasteiger charge is 2.23. The maximum absolute atomic E-state index is 12.2. The Morgan fingerprint density at radius 3 is 2.62 bits per heavy atom. The lowest BCUT2D eigenvalue weighted by atomic mass is 10.2. The molecule has 0 N–H and O–H groups in total.